The van der Waals surface area contributed by atoms with Crippen LogP contribution in [0.15, 0.2) is 42.5 Å². The van der Waals surface area contributed by atoms with Crippen LogP contribution in [0.3, 0.4) is 0 Å². The van der Waals surface area contributed by atoms with E-state index < -0.39 is 6.04 Å². The normalized spacial score (nSPS) is 15.2. The molecular weight excluding hydrogens is 443 g/mol. The Morgan fingerprint density at radius 3 is 2.38 bits per heavy atom. The summed E-state index contributed by atoms with van der Waals surface area (Å²) in [5.74, 6) is -0.192. The third-order valence-electron chi connectivity index (χ3n) is 6.17. The monoisotopic (exact) mass is 474 g/mol. The van der Waals surface area contributed by atoms with Gasteiger partial charge in [0, 0.05) is 22.6 Å². The minimum Gasteiger partial charge on any atom is -0.352 e. The molecule has 0 unspecified atom stereocenters. The largest absolute Gasteiger partial charge is 0.352 e. The van der Waals surface area contributed by atoms with Crippen molar-refractivity contribution in [1.82, 2.24) is 10.2 Å². The topological polar surface area (TPSA) is 49.4 Å². The van der Waals surface area contributed by atoms with E-state index in [2.05, 4.69) is 5.32 Å². The Morgan fingerprint density at radius 1 is 1.06 bits per heavy atom. The molecule has 2 aromatic rings. The zero-order valence-electron chi connectivity index (χ0n) is 18.9. The fourth-order valence-electron chi connectivity index (χ4n) is 4.28. The van der Waals surface area contributed by atoms with Crippen LogP contribution >= 0.6 is 23.2 Å². The number of benzene rings is 2. The highest BCUT2D eigenvalue weighted by molar-refractivity contribution is 6.35. The highest BCUT2D eigenvalue weighted by atomic mass is 35.5. The number of carbonyl (C=O) groups excluding carboxylic acids is 2. The van der Waals surface area contributed by atoms with Crippen molar-refractivity contribution in [2.45, 2.75) is 77.4 Å². The zero-order valence-corrected chi connectivity index (χ0v) is 20.4. The van der Waals surface area contributed by atoms with Gasteiger partial charge < -0.3 is 10.2 Å². The second-order valence-corrected chi connectivity index (χ2v) is 9.53. The van der Waals surface area contributed by atoms with Gasteiger partial charge >= 0.3 is 0 Å². The number of aryl methyl sites for hydroxylation is 1. The van der Waals surface area contributed by atoms with E-state index in [0.717, 1.165) is 36.8 Å². The van der Waals surface area contributed by atoms with Crippen molar-refractivity contribution in [3.8, 4) is 0 Å². The van der Waals surface area contributed by atoms with Gasteiger partial charge in [-0.25, -0.2) is 0 Å². The molecule has 0 heterocycles. The van der Waals surface area contributed by atoms with Crippen LogP contribution in [-0.2, 0) is 22.6 Å². The summed E-state index contributed by atoms with van der Waals surface area (Å²) in [4.78, 5) is 28.4. The number of amides is 2. The fraction of sp³-hybridized carbons (Fsp3) is 0.462. The molecule has 2 amide bonds. The molecule has 0 spiro atoms. The van der Waals surface area contributed by atoms with Gasteiger partial charge in [0.05, 0.1) is 6.42 Å². The number of carbonyl (C=O) groups is 2. The smallest absolute Gasteiger partial charge is 0.243 e. The minimum absolute atomic E-state index is 0.0675. The first-order chi connectivity index (χ1) is 15.4. The molecule has 2 aromatic carbocycles. The van der Waals surface area contributed by atoms with Crippen LogP contribution in [0.2, 0.25) is 10.0 Å². The van der Waals surface area contributed by atoms with E-state index in [-0.39, 0.29) is 24.3 Å². The molecule has 0 radical (unpaired) electrons. The van der Waals surface area contributed by atoms with Crippen molar-refractivity contribution in [1.29, 1.82) is 0 Å². The van der Waals surface area contributed by atoms with E-state index in [1.54, 1.807) is 23.1 Å². The molecule has 172 valence electrons. The van der Waals surface area contributed by atoms with Crippen LogP contribution in [0.4, 0.5) is 0 Å². The maximum atomic E-state index is 13.5. The summed E-state index contributed by atoms with van der Waals surface area (Å²) in [6.07, 6.45) is 6.19. The summed E-state index contributed by atoms with van der Waals surface area (Å²) >= 11 is 12.3. The van der Waals surface area contributed by atoms with E-state index >= 15 is 0 Å². The van der Waals surface area contributed by atoms with Gasteiger partial charge in [-0.1, -0.05) is 85.3 Å². The third kappa shape index (κ3) is 6.73. The van der Waals surface area contributed by atoms with Crippen molar-refractivity contribution < 1.29 is 9.59 Å². The second kappa shape index (κ2) is 11.7. The van der Waals surface area contributed by atoms with Crippen molar-refractivity contribution in [2.75, 3.05) is 0 Å². The van der Waals surface area contributed by atoms with Crippen LogP contribution in [0.1, 0.15) is 62.1 Å². The molecule has 1 N–H and O–H groups in total. The van der Waals surface area contributed by atoms with Gasteiger partial charge in [0.25, 0.3) is 0 Å². The molecule has 1 fully saturated rings. The van der Waals surface area contributed by atoms with E-state index in [0.29, 0.717) is 28.6 Å². The standard InChI is InChI=1S/C26H32Cl2N2O2/c1-3-24(26(32)29-22-7-5-4-6-8-22)30(17-19-11-9-18(2)10-12-19)25(31)15-20-13-14-21(27)16-23(20)28/h9-14,16,22,24H,3-8,15,17H2,1-2H3,(H,29,32)/t24-/m0/s1. The molecule has 1 atom stereocenters. The predicted molar refractivity (Wildman–Crippen MR) is 131 cm³/mol. The Balaban J connectivity index is 1.82. The SMILES string of the molecule is CC[C@@H](C(=O)NC1CCCCC1)N(Cc1ccc(C)cc1)C(=O)Cc1ccc(Cl)cc1Cl. The summed E-state index contributed by atoms with van der Waals surface area (Å²) in [5, 5.41) is 4.19. The lowest BCUT2D eigenvalue weighted by Crippen LogP contribution is -2.52. The van der Waals surface area contributed by atoms with Gasteiger partial charge in [-0.3, -0.25) is 9.59 Å². The first-order valence-corrected chi connectivity index (χ1v) is 12.2. The predicted octanol–water partition coefficient (Wildman–Crippen LogP) is 6.10. The Labute approximate surface area is 201 Å². The van der Waals surface area contributed by atoms with Crippen molar-refractivity contribution in [2.24, 2.45) is 0 Å². The molecule has 1 aliphatic rings. The van der Waals surface area contributed by atoms with Crippen LogP contribution in [0, 0.1) is 6.92 Å². The van der Waals surface area contributed by atoms with Crippen molar-refractivity contribution >= 4 is 35.0 Å². The average molecular weight is 475 g/mol. The molecule has 0 bridgehead atoms. The second-order valence-electron chi connectivity index (χ2n) is 8.69. The molecule has 1 saturated carbocycles. The van der Waals surface area contributed by atoms with Gasteiger partial charge in [0.1, 0.15) is 6.04 Å². The Morgan fingerprint density at radius 2 is 1.75 bits per heavy atom. The number of halogens is 2. The molecule has 3 rings (SSSR count). The van der Waals surface area contributed by atoms with E-state index in [1.165, 1.54) is 6.42 Å². The maximum Gasteiger partial charge on any atom is 0.243 e. The van der Waals surface area contributed by atoms with Gasteiger partial charge in [0.15, 0.2) is 0 Å². The zero-order chi connectivity index (χ0) is 23.1. The van der Waals surface area contributed by atoms with Crippen LogP contribution < -0.4 is 5.32 Å². The van der Waals surface area contributed by atoms with E-state index in [1.807, 2.05) is 38.1 Å². The molecule has 0 saturated heterocycles. The Kier molecular flexibility index (Phi) is 9.01. The average Bonchev–Trinajstić information content (AvgIpc) is 2.77. The summed E-state index contributed by atoms with van der Waals surface area (Å²) in [5.41, 5.74) is 2.86. The highest BCUT2D eigenvalue weighted by Crippen LogP contribution is 2.24. The summed E-state index contributed by atoms with van der Waals surface area (Å²) in [6.45, 7) is 4.36. The number of hydrogen-bond donors (Lipinski definition) is 1. The first-order valence-electron chi connectivity index (χ1n) is 11.5. The van der Waals surface area contributed by atoms with Crippen molar-refractivity contribution in [3.05, 3.63) is 69.2 Å². The number of rotatable bonds is 8. The number of nitrogens with zero attached hydrogens (tertiary/aromatic N) is 1. The Bertz CT molecular complexity index is 924. The maximum absolute atomic E-state index is 13.5. The van der Waals surface area contributed by atoms with Gasteiger partial charge in [-0.15, -0.1) is 0 Å². The first kappa shape index (κ1) is 24.6. The molecule has 6 heteroatoms. The molecular formula is C26H32Cl2N2O2. The fourth-order valence-corrected chi connectivity index (χ4v) is 4.76. The van der Waals surface area contributed by atoms with Gasteiger partial charge in [-0.2, -0.15) is 0 Å². The third-order valence-corrected chi connectivity index (χ3v) is 6.75. The lowest BCUT2D eigenvalue weighted by atomic mass is 9.95. The van der Waals surface area contributed by atoms with E-state index in [4.69, 9.17) is 23.2 Å². The lowest BCUT2D eigenvalue weighted by molar-refractivity contribution is -0.141. The summed E-state index contributed by atoms with van der Waals surface area (Å²) < 4.78 is 0. The summed E-state index contributed by atoms with van der Waals surface area (Å²) in [7, 11) is 0. The number of nitrogens with one attached hydrogen (secondary N) is 1. The molecule has 0 aromatic heterocycles. The van der Waals surface area contributed by atoms with Crippen LogP contribution in [0.25, 0.3) is 0 Å². The molecule has 4 nitrogen and oxygen atoms in total. The lowest BCUT2D eigenvalue weighted by Gasteiger charge is -2.33. The molecule has 0 aliphatic heterocycles. The number of hydrogen-bond acceptors (Lipinski definition) is 2. The van der Waals surface area contributed by atoms with Crippen molar-refractivity contribution in [3.63, 3.8) is 0 Å². The van der Waals surface area contributed by atoms with Gasteiger partial charge in [0.2, 0.25) is 11.8 Å². The Hall–Kier alpha value is -2.04. The van der Waals surface area contributed by atoms with Crippen LogP contribution in [0.5, 0.6) is 0 Å². The van der Waals surface area contributed by atoms with Crippen LogP contribution in [-0.4, -0.2) is 28.8 Å². The quantitative estimate of drug-likeness (QED) is 0.502. The molecule has 1 aliphatic carbocycles. The van der Waals surface area contributed by atoms with E-state index in [9.17, 15) is 9.59 Å². The highest BCUT2D eigenvalue weighted by Gasteiger charge is 2.30. The van der Waals surface area contributed by atoms with Gasteiger partial charge in [-0.05, 0) is 49.4 Å². The summed E-state index contributed by atoms with van der Waals surface area (Å²) in [6, 6.07) is 12.9. The minimum atomic E-state index is -0.531. The molecule has 32 heavy (non-hydrogen) atoms.